The Hall–Kier alpha value is -1.17. The van der Waals surface area contributed by atoms with E-state index in [1.54, 1.807) is 11.1 Å². The molecule has 2 heteroatoms. The fourth-order valence-corrected chi connectivity index (χ4v) is 8.97. The average molecular weight is 592 g/mol. The first-order chi connectivity index (χ1) is 20.8. The third-order valence-corrected chi connectivity index (χ3v) is 11.6. The van der Waals surface area contributed by atoms with Crippen LogP contribution in [0, 0.1) is 0 Å². The fourth-order valence-electron chi connectivity index (χ4n) is 6.69. The zero-order chi connectivity index (χ0) is 29.5. The molecule has 0 unspecified atom stereocenters. The van der Waals surface area contributed by atoms with E-state index in [1.807, 2.05) is 0 Å². The van der Waals surface area contributed by atoms with Gasteiger partial charge in [-0.05, 0) is 72.4 Å². The number of benzene rings is 2. The molecule has 0 heterocycles. The van der Waals surface area contributed by atoms with Gasteiger partial charge >= 0.3 is 0 Å². The fraction of sp³-hybridized carbons (Fsp3) is 0.700. The molecule has 236 valence electrons. The van der Waals surface area contributed by atoms with Crippen LogP contribution in [-0.2, 0) is 12.8 Å². The maximum Gasteiger partial charge on any atom is 0.0256 e. The summed E-state index contributed by atoms with van der Waals surface area (Å²) in [5.74, 6) is 0. The van der Waals surface area contributed by atoms with Crippen LogP contribution in [0.15, 0.2) is 48.5 Å². The van der Waals surface area contributed by atoms with Crippen LogP contribution in [0.2, 0.25) is 0 Å². The Morgan fingerprint density at radius 1 is 0.524 bits per heavy atom. The number of rotatable bonds is 22. The van der Waals surface area contributed by atoms with Gasteiger partial charge in [-0.3, -0.25) is 5.09 Å². The van der Waals surface area contributed by atoms with Gasteiger partial charge in [0.1, 0.15) is 0 Å². The van der Waals surface area contributed by atoms with Gasteiger partial charge < -0.3 is 0 Å². The van der Waals surface area contributed by atoms with E-state index in [-0.39, 0.29) is 0 Å². The van der Waals surface area contributed by atoms with E-state index in [4.69, 9.17) is 0 Å². The molecular formula is C40H66NP. The molecular weight excluding hydrogens is 525 g/mol. The molecule has 2 aromatic carbocycles. The number of aryl methyl sites for hydroxylation is 2. The first kappa shape index (κ1) is 35.3. The standard InChI is InChI=1S/C40H66NP/c1-3-5-7-9-11-13-16-20-26-36-28-24-32-39(34-36)42(41-38-30-22-18-15-19-23-31-38)40-33-25-29-37(35-40)27-21-17-14-12-10-8-6-4-2/h24-25,28-29,32-35,38,41H,3-23,26-27,30-31H2,1-2H3. The zero-order valence-corrected chi connectivity index (χ0v) is 28.7. The summed E-state index contributed by atoms with van der Waals surface area (Å²) < 4.78 is 0. The van der Waals surface area contributed by atoms with Gasteiger partial charge in [-0.2, -0.15) is 0 Å². The monoisotopic (exact) mass is 591 g/mol. The summed E-state index contributed by atoms with van der Waals surface area (Å²) in [6, 6.07) is 20.1. The molecule has 0 amide bonds. The molecule has 42 heavy (non-hydrogen) atoms. The highest BCUT2D eigenvalue weighted by Crippen LogP contribution is 2.33. The first-order valence-electron chi connectivity index (χ1n) is 18.5. The molecule has 0 atom stereocenters. The van der Waals surface area contributed by atoms with Gasteiger partial charge in [0.15, 0.2) is 0 Å². The Balaban J connectivity index is 1.61. The average Bonchev–Trinajstić information content (AvgIpc) is 3.00. The molecule has 0 aliphatic heterocycles. The molecule has 1 fully saturated rings. The second-order valence-electron chi connectivity index (χ2n) is 13.3. The highest BCUT2D eigenvalue weighted by molar-refractivity contribution is 7.71. The van der Waals surface area contributed by atoms with Crippen molar-refractivity contribution in [2.75, 3.05) is 0 Å². The van der Waals surface area contributed by atoms with Crippen molar-refractivity contribution in [1.82, 2.24) is 5.09 Å². The zero-order valence-electron chi connectivity index (χ0n) is 27.8. The minimum absolute atomic E-state index is 0.538. The van der Waals surface area contributed by atoms with E-state index < -0.39 is 8.07 Å². The molecule has 0 bridgehead atoms. The van der Waals surface area contributed by atoms with E-state index >= 15 is 0 Å². The molecule has 2 aromatic rings. The Kier molecular flexibility index (Phi) is 19.5. The van der Waals surface area contributed by atoms with Gasteiger partial charge in [-0.15, -0.1) is 0 Å². The van der Waals surface area contributed by atoms with Crippen molar-refractivity contribution in [2.45, 2.75) is 180 Å². The molecule has 1 N–H and O–H groups in total. The highest BCUT2D eigenvalue weighted by atomic mass is 31.1. The minimum atomic E-state index is -0.538. The lowest BCUT2D eigenvalue weighted by Crippen LogP contribution is -2.33. The van der Waals surface area contributed by atoms with E-state index in [9.17, 15) is 0 Å². The van der Waals surface area contributed by atoms with Crippen LogP contribution >= 0.6 is 8.07 Å². The molecule has 1 saturated carbocycles. The van der Waals surface area contributed by atoms with Crippen LogP contribution in [0.1, 0.15) is 173 Å². The minimum Gasteiger partial charge on any atom is -0.285 e. The van der Waals surface area contributed by atoms with Gasteiger partial charge in [0.05, 0.1) is 0 Å². The molecule has 0 spiro atoms. The third-order valence-electron chi connectivity index (χ3n) is 9.39. The van der Waals surface area contributed by atoms with Crippen LogP contribution < -0.4 is 15.7 Å². The van der Waals surface area contributed by atoms with E-state index in [0.29, 0.717) is 6.04 Å². The second-order valence-corrected chi connectivity index (χ2v) is 15.3. The van der Waals surface area contributed by atoms with Crippen molar-refractivity contribution in [3.05, 3.63) is 59.7 Å². The lowest BCUT2D eigenvalue weighted by Gasteiger charge is -2.28. The van der Waals surface area contributed by atoms with Gasteiger partial charge in [0.25, 0.3) is 0 Å². The molecule has 0 aromatic heterocycles. The van der Waals surface area contributed by atoms with Crippen LogP contribution in [0.4, 0.5) is 0 Å². The normalized spacial score (nSPS) is 14.7. The summed E-state index contributed by atoms with van der Waals surface area (Å²) in [6.45, 7) is 4.62. The largest absolute Gasteiger partial charge is 0.285 e. The Labute approximate surface area is 263 Å². The molecule has 0 saturated heterocycles. The SMILES string of the molecule is CCCCCCCCCCc1cccc(P(NC2CCCCCCC2)c2cccc(CCCCCCCCCC)c2)c1. The molecule has 0 radical (unpaired) electrons. The summed E-state index contributed by atoms with van der Waals surface area (Å²) in [6.07, 6.45) is 34.5. The van der Waals surface area contributed by atoms with Crippen molar-refractivity contribution < 1.29 is 0 Å². The van der Waals surface area contributed by atoms with Crippen LogP contribution in [0.5, 0.6) is 0 Å². The maximum absolute atomic E-state index is 4.28. The summed E-state index contributed by atoms with van der Waals surface area (Å²) >= 11 is 0. The second kappa shape index (κ2) is 23.2. The predicted molar refractivity (Wildman–Crippen MR) is 191 cm³/mol. The van der Waals surface area contributed by atoms with Crippen LogP contribution in [0.3, 0.4) is 0 Å². The van der Waals surface area contributed by atoms with Gasteiger partial charge in [-0.1, -0.05) is 172 Å². The number of hydrogen-bond acceptors (Lipinski definition) is 1. The van der Waals surface area contributed by atoms with Crippen molar-refractivity contribution in [3.8, 4) is 0 Å². The molecule has 1 nitrogen and oxygen atoms in total. The summed E-state index contributed by atoms with van der Waals surface area (Å²) in [7, 11) is -0.538. The van der Waals surface area contributed by atoms with Crippen LogP contribution in [-0.4, -0.2) is 6.04 Å². The lowest BCUT2D eigenvalue weighted by molar-refractivity contribution is 0.436. The number of hydrogen-bond donors (Lipinski definition) is 1. The van der Waals surface area contributed by atoms with Gasteiger partial charge in [0.2, 0.25) is 0 Å². The van der Waals surface area contributed by atoms with Gasteiger partial charge in [0, 0.05) is 14.1 Å². The molecule has 1 aliphatic rings. The Bertz CT molecular complexity index is 852. The lowest BCUT2D eigenvalue weighted by atomic mass is 9.97. The van der Waals surface area contributed by atoms with Crippen molar-refractivity contribution in [1.29, 1.82) is 0 Å². The van der Waals surface area contributed by atoms with Gasteiger partial charge in [-0.25, -0.2) is 0 Å². The van der Waals surface area contributed by atoms with E-state index in [1.165, 1.54) is 171 Å². The summed E-state index contributed by atoms with van der Waals surface area (Å²) in [5.41, 5.74) is 3.08. The van der Waals surface area contributed by atoms with Crippen molar-refractivity contribution in [2.24, 2.45) is 0 Å². The third kappa shape index (κ3) is 15.0. The van der Waals surface area contributed by atoms with E-state index in [0.717, 1.165) is 0 Å². The van der Waals surface area contributed by atoms with Crippen molar-refractivity contribution >= 4 is 18.7 Å². The molecule has 1 aliphatic carbocycles. The quantitative estimate of drug-likeness (QED) is 0.106. The number of nitrogens with one attached hydrogen (secondary N) is 1. The topological polar surface area (TPSA) is 12.0 Å². The van der Waals surface area contributed by atoms with Crippen LogP contribution in [0.25, 0.3) is 0 Å². The van der Waals surface area contributed by atoms with Crippen molar-refractivity contribution in [3.63, 3.8) is 0 Å². The number of unbranched alkanes of at least 4 members (excludes halogenated alkanes) is 14. The Morgan fingerprint density at radius 3 is 1.38 bits per heavy atom. The maximum atomic E-state index is 4.28. The summed E-state index contributed by atoms with van der Waals surface area (Å²) in [5, 5.41) is 7.35. The van der Waals surface area contributed by atoms with E-state index in [2.05, 4.69) is 67.5 Å². The Morgan fingerprint density at radius 2 is 0.929 bits per heavy atom. The smallest absolute Gasteiger partial charge is 0.0256 e. The molecule has 3 rings (SSSR count). The highest BCUT2D eigenvalue weighted by Gasteiger charge is 2.20. The summed E-state index contributed by atoms with van der Waals surface area (Å²) in [4.78, 5) is 0. The predicted octanol–water partition coefficient (Wildman–Crippen LogP) is 12.1. The first-order valence-corrected chi connectivity index (χ1v) is 19.9.